The normalized spacial score (nSPS) is 15.7. The molecule has 1 fully saturated rings. The molecule has 1 unspecified atom stereocenters. The van der Waals surface area contributed by atoms with Gasteiger partial charge in [0.1, 0.15) is 17.8 Å². The molecule has 37 heavy (non-hydrogen) atoms. The van der Waals surface area contributed by atoms with Crippen LogP contribution in [0.5, 0.6) is 5.88 Å². The summed E-state index contributed by atoms with van der Waals surface area (Å²) in [6.45, 7) is 2.66. The fraction of sp³-hybridized carbons (Fsp3) is 0.280. The maximum Gasteiger partial charge on any atom is 0.276 e. The van der Waals surface area contributed by atoms with E-state index in [4.69, 9.17) is 21.1 Å². The second kappa shape index (κ2) is 10.1. The van der Waals surface area contributed by atoms with Gasteiger partial charge in [0.25, 0.3) is 6.43 Å². The van der Waals surface area contributed by atoms with Gasteiger partial charge < -0.3 is 19.5 Å². The Kier molecular flexibility index (Phi) is 6.84. The van der Waals surface area contributed by atoms with Crippen molar-refractivity contribution in [1.82, 2.24) is 20.2 Å². The predicted octanol–water partition coefficient (Wildman–Crippen LogP) is 4.23. The van der Waals surface area contributed by atoms with Crippen LogP contribution in [-0.2, 0) is 10.3 Å². The Morgan fingerprint density at radius 2 is 1.86 bits per heavy atom. The number of anilines is 1. The number of aliphatic hydroxyl groups is 1. The molecular weight excluding hydrogens is 511 g/mol. The molecule has 8 nitrogen and oxygen atoms in total. The number of hydrogen-bond acceptors (Lipinski definition) is 8. The zero-order valence-corrected chi connectivity index (χ0v) is 20.3. The number of methoxy groups -OCH3 is 1. The van der Waals surface area contributed by atoms with Crippen LogP contribution < -0.4 is 9.64 Å². The van der Waals surface area contributed by atoms with Crippen LogP contribution in [0.4, 0.5) is 18.9 Å². The first-order valence-electron chi connectivity index (χ1n) is 11.3. The van der Waals surface area contributed by atoms with Crippen LogP contribution in [0.25, 0.3) is 22.2 Å². The summed E-state index contributed by atoms with van der Waals surface area (Å²) in [5, 5.41) is 18.6. The smallest absolute Gasteiger partial charge is 0.276 e. The Hall–Kier alpha value is -3.54. The summed E-state index contributed by atoms with van der Waals surface area (Å²) >= 11 is 6.20. The quantitative estimate of drug-likeness (QED) is 0.395. The van der Waals surface area contributed by atoms with Crippen LogP contribution in [0, 0.1) is 5.82 Å². The molecule has 1 aliphatic rings. The van der Waals surface area contributed by atoms with E-state index in [9.17, 15) is 13.9 Å². The molecule has 5 rings (SSSR count). The van der Waals surface area contributed by atoms with Crippen molar-refractivity contribution in [2.75, 3.05) is 38.3 Å². The van der Waals surface area contributed by atoms with Gasteiger partial charge in [0.05, 0.1) is 36.6 Å². The molecule has 0 bridgehead atoms. The minimum Gasteiger partial charge on any atom is -0.480 e. The van der Waals surface area contributed by atoms with Crippen molar-refractivity contribution in [1.29, 1.82) is 0 Å². The number of nitrogens with zero attached hydrogens (tertiary/aromatic N) is 5. The molecule has 3 heterocycles. The van der Waals surface area contributed by atoms with Crippen molar-refractivity contribution in [3.63, 3.8) is 0 Å². The first-order chi connectivity index (χ1) is 17.8. The molecular formula is C25H21ClF3N5O3. The number of fused-ring (bicyclic) bond motifs is 1. The number of ether oxygens (including phenoxy) is 2. The van der Waals surface area contributed by atoms with Crippen molar-refractivity contribution in [3.05, 3.63) is 70.9 Å². The first-order valence-corrected chi connectivity index (χ1v) is 11.7. The Morgan fingerprint density at radius 3 is 2.54 bits per heavy atom. The highest BCUT2D eigenvalue weighted by atomic mass is 35.5. The molecule has 1 saturated heterocycles. The van der Waals surface area contributed by atoms with Gasteiger partial charge in [-0.25, -0.2) is 23.1 Å². The summed E-state index contributed by atoms with van der Waals surface area (Å²) in [7, 11) is 1.34. The van der Waals surface area contributed by atoms with Crippen LogP contribution in [0.3, 0.4) is 0 Å². The molecule has 1 atom stereocenters. The SMILES string of the molecule is COc1ccc(C(O)(c2cc(-c3ncnc4cc(N5CCOCC5)ccc34)c(F)cc2Cl)C(F)F)nn1. The summed E-state index contributed by atoms with van der Waals surface area (Å²) < 4.78 is 54.3. The first kappa shape index (κ1) is 25.1. The van der Waals surface area contributed by atoms with Gasteiger partial charge in [-0.1, -0.05) is 11.6 Å². The fourth-order valence-electron chi connectivity index (χ4n) is 4.30. The number of alkyl halides is 2. The van der Waals surface area contributed by atoms with Crippen molar-refractivity contribution in [2.24, 2.45) is 0 Å². The summed E-state index contributed by atoms with van der Waals surface area (Å²) in [6.07, 6.45) is -2.10. The van der Waals surface area contributed by atoms with E-state index in [-0.39, 0.29) is 17.1 Å². The summed E-state index contributed by atoms with van der Waals surface area (Å²) in [4.78, 5) is 10.7. The van der Waals surface area contributed by atoms with Crippen molar-refractivity contribution in [3.8, 4) is 17.1 Å². The number of morpholine rings is 1. The maximum atomic E-state index is 15.2. The lowest BCUT2D eigenvalue weighted by Crippen LogP contribution is -2.37. The van der Waals surface area contributed by atoms with Gasteiger partial charge in [-0.2, -0.15) is 0 Å². The maximum absolute atomic E-state index is 15.2. The highest BCUT2D eigenvalue weighted by Gasteiger charge is 2.45. The van der Waals surface area contributed by atoms with E-state index in [0.717, 1.165) is 37.0 Å². The minimum atomic E-state index is -3.37. The van der Waals surface area contributed by atoms with Gasteiger partial charge in [0.2, 0.25) is 5.88 Å². The Balaban J connectivity index is 1.63. The molecule has 192 valence electrons. The zero-order chi connectivity index (χ0) is 26.2. The number of hydrogen-bond donors (Lipinski definition) is 1. The van der Waals surface area contributed by atoms with Crippen molar-refractivity contribution in [2.45, 2.75) is 12.0 Å². The molecule has 1 N–H and O–H groups in total. The van der Waals surface area contributed by atoms with Gasteiger partial charge in [0.15, 0.2) is 5.60 Å². The lowest BCUT2D eigenvalue weighted by molar-refractivity contribution is -0.0750. The monoisotopic (exact) mass is 531 g/mol. The third-order valence-corrected chi connectivity index (χ3v) is 6.59. The predicted molar refractivity (Wildman–Crippen MR) is 131 cm³/mol. The molecule has 2 aromatic carbocycles. The topological polar surface area (TPSA) is 93.5 Å². The number of aromatic nitrogens is 4. The number of halogens is 4. The van der Waals surface area contributed by atoms with E-state index >= 15 is 4.39 Å². The standard InChI is InChI=1S/C25H21ClF3N5O3/c1-36-22-5-4-21(32-33-22)25(35,24(28)29)17-11-16(19(27)12-18(17)26)23-15-3-2-14(10-20(15)30-13-31-23)34-6-8-37-9-7-34/h2-5,10-13,24,35H,6-9H2,1H3. The van der Waals surface area contributed by atoms with E-state index in [1.165, 1.54) is 19.5 Å². The number of benzene rings is 2. The van der Waals surface area contributed by atoms with E-state index in [1.807, 2.05) is 12.1 Å². The van der Waals surface area contributed by atoms with Gasteiger partial charge in [-0.05, 0) is 36.4 Å². The minimum absolute atomic E-state index is 0.0650. The second-order valence-electron chi connectivity index (χ2n) is 8.36. The molecule has 0 amide bonds. The molecule has 0 radical (unpaired) electrons. The van der Waals surface area contributed by atoms with Gasteiger partial charge in [-0.3, -0.25) is 0 Å². The molecule has 0 saturated carbocycles. The fourth-order valence-corrected chi connectivity index (χ4v) is 4.59. The highest BCUT2D eigenvalue weighted by molar-refractivity contribution is 6.31. The Morgan fingerprint density at radius 1 is 1.08 bits per heavy atom. The highest BCUT2D eigenvalue weighted by Crippen LogP contribution is 2.42. The lowest BCUT2D eigenvalue weighted by atomic mass is 9.88. The van der Waals surface area contributed by atoms with Gasteiger partial charge in [0, 0.05) is 41.4 Å². The van der Waals surface area contributed by atoms with Crippen molar-refractivity contribution >= 4 is 28.2 Å². The third-order valence-electron chi connectivity index (χ3n) is 6.27. The lowest BCUT2D eigenvalue weighted by Gasteiger charge is -2.29. The van der Waals surface area contributed by atoms with E-state index < -0.39 is 34.1 Å². The van der Waals surface area contributed by atoms with Crippen molar-refractivity contribution < 1.29 is 27.8 Å². The average molecular weight is 532 g/mol. The van der Waals surface area contributed by atoms with Crippen LogP contribution in [-0.4, -0.2) is 65.1 Å². The van der Waals surface area contributed by atoms with Crippen LogP contribution in [0.2, 0.25) is 5.02 Å². The summed E-state index contributed by atoms with van der Waals surface area (Å²) in [5.74, 6) is -0.737. The largest absolute Gasteiger partial charge is 0.480 e. The second-order valence-corrected chi connectivity index (χ2v) is 8.77. The Labute approximate surface area is 214 Å². The molecule has 4 aromatic rings. The Bertz CT molecular complexity index is 1440. The number of rotatable bonds is 6. The van der Waals surface area contributed by atoms with Gasteiger partial charge >= 0.3 is 0 Å². The van der Waals surface area contributed by atoms with E-state index in [0.29, 0.717) is 24.1 Å². The summed E-state index contributed by atoms with van der Waals surface area (Å²) in [6, 6.07) is 9.81. The van der Waals surface area contributed by atoms with E-state index in [1.54, 1.807) is 6.07 Å². The molecule has 0 aliphatic carbocycles. The molecule has 1 aliphatic heterocycles. The van der Waals surface area contributed by atoms with Crippen LogP contribution >= 0.6 is 11.6 Å². The molecule has 0 spiro atoms. The van der Waals surface area contributed by atoms with Gasteiger partial charge in [-0.15, -0.1) is 10.2 Å². The zero-order valence-electron chi connectivity index (χ0n) is 19.5. The average Bonchev–Trinajstić information content (AvgIpc) is 2.92. The summed E-state index contributed by atoms with van der Waals surface area (Å²) in [5.41, 5.74) is -2.43. The van der Waals surface area contributed by atoms with E-state index in [2.05, 4.69) is 25.1 Å². The third kappa shape index (κ3) is 4.54. The van der Waals surface area contributed by atoms with Crippen LogP contribution in [0.1, 0.15) is 11.3 Å². The molecule has 12 heteroatoms. The molecule has 2 aromatic heterocycles. The van der Waals surface area contributed by atoms with Crippen LogP contribution in [0.15, 0.2) is 48.8 Å².